The highest BCUT2D eigenvalue weighted by Crippen LogP contribution is 2.15. The molecule has 0 radical (unpaired) electrons. The minimum atomic E-state index is -3.92. The maximum absolute atomic E-state index is 12.0. The van der Waals surface area contributed by atoms with Gasteiger partial charge in [0.15, 0.2) is 9.84 Å². The lowest BCUT2D eigenvalue weighted by atomic mass is 10.3. The fraction of sp³-hybridized carbons (Fsp3) is 0.286. The summed E-state index contributed by atoms with van der Waals surface area (Å²) in [6, 6.07) is 6.21. The van der Waals surface area contributed by atoms with Crippen molar-refractivity contribution in [1.29, 1.82) is 0 Å². The van der Waals surface area contributed by atoms with E-state index in [1.165, 1.54) is 0 Å². The number of benzene rings is 1. The molecule has 134 valence electrons. The number of hydrogen-bond donors (Lipinski definition) is 2. The van der Waals surface area contributed by atoms with Crippen LogP contribution in [0, 0.1) is 0 Å². The zero-order valence-electron chi connectivity index (χ0n) is 13.2. The third kappa shape index (κ3) is 6.40. The molecule has 2 N–H and O–H groups in total. The quantitative estimate of drug-likeness (QED) is 0.728. The first-order valence-corrected chi connectivity index (χ1v) is 10.2. The van der Waals surface area contributed by atoms with E-state index in [0.717, 1.165) is 16.3 Å². The van der Waals surface area contributed by atoms with Gasteiger partial charge in [-0.25, -0.2) is 8.42 Å². The Morgan fingerprint density at radius 1 is 1.08 bits per heavy atom. The van der Waals surface area contributed by atoms with E-state index in [-0.39, 0.29) is 5.13 Å². The smallest absolute Gasteiger partial charge is 0.241 e. The first kappa shape index (κ1) is 19.3. The topological polar surface area (TPSA) is 118 Å². The number of anilines is 2. The molecule has 2 aromatic rings. The van der Waals surface area contributed by atoms with Crippen LogP contribution in [0.2, 0.25) is 5.02 Å². The summed E-state index contributed by atoms with van der Waals surface area (Å²) in [5.41, 5.74) is 0.412. The van der Waals surface area contributed by atoms with Gasteiger partial charge in [0.2, 0.25) is 16.9 Å². The van der Waals surface area contributed by atoms with Gasteiger partial charge < -0.3 is 5.32 Å². The number of sulfone groups is 1. The number of halogens is 1. The van der Waals surface area contributed by atoms with Crippen LogP contribution in [0.1, 0.15) is 11.9 Å². The highest BCUT2D eigenvalue weighted by molar-refractivity contribution is 7.92. The molecule has 0 aliphatic rings. The Kier molecular flexibility index (Phi) is 6.45. The summed E-state index contributed by atoms with van der Waals surface area (Å²) in [5.74, 6) is -3.13. The molecule has 8 nitrogen and oxygen atoms in total. The van der Waals surface area contributed by atoms with Gasteiger partial charge in [0.05, 0.1) is 0 Å². The number of hydrogen-bond acceptors (Lipinski definition) is 7. The summed E-state index contributed by atoms with van der Waals surface area (Å²) in [7, 11) is -3.92. The molecule has 0 saturated heterocycles. The molecular formula is C14H15ClN4O4S2. The van der Waals surface area contributed by atoms with E-state index >= 15 is 0 Å². The molecule has 25 heavy (non-hydrogen) atoms. The second kappa shape index (κ2) is 8.37. The number of nitrogens with zero attached hydrogens (tertiary/aromatic N) is 2. The average Bonchev–Trinajstić information content (AvgIpc) is 2.95. The molecule has 11 heteroatoms. The summed E-state index contributed by atoms with van der Waals surface area (Å²) in [6.45, 7) is 1.88. The molecule has 0 saturated carbocycles. The maximum Gasteiger partial charge on any atom is 0.241 e. The van der Waals surface area contributed by atoms with Crippen molar-refractivity contribution in [2.45, 2.75) is 13.3 Å². The third-order valence-corrected chi connectivity index (χ3v) is 5.48. The van der Waals surface area contributed by atoms with Crippen molar-refractivity contribution < 1.29 is 18.0 Å². The number of rotatable bonds is 7. The molecule has 0 aliphatic carbocycles. The van der Waals surface area contributed by atoms with Crippen LogP contribution in [0.3, 0.4) is 0 Å². The highest BCUT2D eigenvalue weighted by Gasteiger charge is 2.21. The lowest BCUT2D eigenvalue weighted by Gasteiger charge is -2.06. The van der Waals surface area contributed by atoms with Gasteiger partial charge in [-0.05, 0) is 30.7 Å². The second-order valence-corrected chi connectivity index (χ2v) is 8.55. The molecule has 1 aromatic heterocycles. The van der Waals surface area contributed by atoms with Gasteiger partial charge in [0.25, 0.3) is 0 Å². The van der Waals surface area contributed by atoms with Crippen molar-refractivity contribution in [3.63, 3.8) is 0 Å². The van der Waals surface area contributed by atoms with Crippen LogP contribution in [0.15, 0.2) is 24.3 Å². The van der Waals surface area contributed by atoms with Crippen LogP contribution < -0.4 is 10.6 Å². The first-order chi connectivity index (χ1) is 11.8. The first-order valence-electron chi connectivity index (χ1n) is 7.15. The van der Waals surface area contributed by atoms with Gasteiger partial charge in [-0.3, -0.25) is 14.9 Å². The average molecular weight is 403 g/mol. The molecule has 1 aromatic carbocycles. The Bertz CT molecular complexity index is 865. The molecule has 1 heterocycles. The second-order valence-electron chi connectivity index (χ2n) is 4.99. The van der Waals surface area contributed by atoms with Gasteiger partial charge in [-0.2, -0.15) is 0 Å². The predicted molar refractivity (Wildman–Crippen MR) is 96.7 cm³/mol. The fourth-order valence-corrected chi connectivity index (χ4v) is 3.65. The van der Waals surface area contributed by atoms with Gasteiger partial charge in [-0.15, -0.1) is 10.2 Å². The Balaban J connectivity index is 1.88. The zero-order valence-corrected chi connectivity index (χ0v) is 15.5. The number of carbonyl (C=O) groups excluding carboxylic acids is 2. The molecule has 0 fully saturated rings. The summed E-state index contributed by atoms with van der Waals surface area (Å²) in [5, 5.41) is 13.8. The fourth-order valence-electron chi connectivity index (χ4n) is 1.78. The Morgan fingerprint density at radius 2 is 1.68 bits per heavy atom. The summed E-state index contributed by atoms with van der Waals surface area (Å²) >= 11 is 6.89. The number of aryl methyl sites for hydroxylation is 1. The van der Waals surface area contributed by atoms with E-state index in [1.807, 2.05) is 6.92 Å². The summed E-state index contributed by atoms with van der Waals surface area (Å²) < 4.78 is 23.9. The van der Waals surface area contributed by atoms with Crippen LogP contribution in [0.25, 0.3) is 0 Å². The molecule has 0 bridgehead atoms. The van der Waals surface area contributed by atoms with Crippen LogP contribution in [0.5, 0.6) is 0 Å². The van der Waals surface area contributed by atoms with Crippen molar-refractivity contribution in [1.82, 2.24) is 10.2 Å². The molecular weight excluding hydrogens is 388 g/mol. The van der Waals surface area contributed by atoms with Gasteiger partial charge >= 0.3 is 0 Å². The molecule has 2 rings (SSSR count). The third-order valence-electron chi connectivity index (χ3n) is 2.85. The zero-order chi connectivity index (χ0) is 18.4. The molecule has 0 aliphatic heterocycles. The number of nitrogens with one attached hydrogen (secondary N) is 2. The summed E-state index contributed by atoms with van der Waals surface area (Å²) in [4.78, 5) is 23.6. The van der Waals surface area contributed by atoms with E-state index in [1.54, 1.807) is 24.3 Å². The summed E-state index contributed by atoms with van der Waals surface area (Å²) in [6.07, 6.45) is 0.663. The standard InChI is InChI=1S/C14H15ClN4O4S2/c1-2-13-18-19-14(24-13)17-12(21)8-25(22,23)7-11(20)16-10-5-3-9(15)4-6-10/h3-6H,2,7-8H2,1H3,(H,16,20)(H,17,19,21). The van der Waals surface area contributed by atoms with E-state index in [0.29, 0.717) is 17.1 Å². The van der Waals surface area contributed by atoms with Crippen molar-refractivity contribution in [2.24, 2.45) is 0 Å². The van der Waals surface area contributed by atoms with Gasteiger partial charge in [-0.1, -0.05) is 29.9 Å². The van der Waals surface area contributed by atoms with Crippen LogP contribution in [-0.4, -0.2) is 41.9 Å². The van der Waals surface area contributed by atoms with Gasteiger partial charge in [0.1, 0.15) is 16.5 Å². The Morgan fingerprint density at radius 3 is 2.24 bits per heavy atom. The van der Waals surface area contributed by atoms with E-state index in [4.69, 9.17) is 11.6 Å². The molecule has 0 spiro atoms. The molecule has 0 unspecified atom stereocenters. The molecule has 2 amide bonds. The minimum Gasteiger partial charge on any atom is -0.325 e. The van der Waals surface area contributed by atoms with E-state index in [9.17, 15) is 18.0 Å². The lowest BCUT2D eigenvalue weighted by molar-refractivity contribution is -0.114. The Labute approximate surface area is 153 Å². The molecule has 0 atom stereocenters. The van der Waals surface area contributed by atoms with Crippen LogP contribution >= 0.6 is 22.9 Å². The minimum absolute atomic E-state index is 0.225. The van der Waals surface area contributed by atoms with E-state index < -0.39 is 33.2 Å². The normalized spacial score (nSPS) is 11.1. The van der Waals surface area contributed by atoms with Crippen LogP contribution in [0.4, 0.5) is 10.8 Å². The van der Waals surface area contributed by atoms with Crippen molar-refractivity contribution >= 4 is 55.4 Å². The number of aromatic nitrogens is 2. The lowest BCUT2D eigenvalue weighted by Crippen LogP contribution is -2.30. The van der Waals surface area contributed by atoms with Crippen molar-refractivity contribution in [3.8, 4) is 0 Å². The van der Waals surface area contributed by atoms with Crippen molar-refractivity contribution in [3.05, 3.63) is 34.3 Å². The SMILES string of the molecule is CCc1nnc(NC(=O)CS(=O)(=O)CC(=O)Nc2ccc(Cl)cc2)s1. The van der Waals surface area contributed by atoms with Gasteiger partial charge in [0, 0.05) is 10.7 Å². The van der Waals surface area contributed by atoms with Crippen LogP contribution in [-0.2, 0) is 25.8 Å². The maximum atomic E-state index is 12.0. The van der Waals surface area contributed by atoms with Crippen molar-refractivity contribution in [2.75, 3.05) is 22.1 Å². The number of carbonyl (C=O) groups is 2. The number of amides is 2. The monoisotopic (exact) mass is 402 g/mol. The predicted octanol–water partition coefficient (Wildman–Crippen LogP) is 1.75. The Hall–Kier alpha value is -2.04. The van der Waals surface area contributed by atoms with E-state index in [2.05, 4.69) is 20.8 Å². The largest absolute Gasteiger partial charge is 0.325 e. The highest BCUT2D eigenvalue weighted by atomic mass is 35.5.